The molecule has 0 aromatic heterocycles. The van der Waals surface area contributed by atoms with Crippen molar-refractivity contribution in [1.29, 1.82) is 0 Å². The van der Waals surface area contributed by atoms with E-state index in [1.54, 1.807) is 13.8 Å². The lowest BCUT2D eigenvalue weighted by atomic mass is 9.92. The smallest absolute Gasteiger partial charge is 0.368 e. The predicted molar refractivity (Wildman–Crippen MR) is 54.5 cm³/mol. The quantitative estimate of drug-likeness (QED) is 0.734. The molecule has 0 bridgehead atoms. The molecule has 0 fully saturated rings. The molecular formula is C11H10F3NO2. The normalized spacial score (nSPS) is 23.5. The minimum absolute atomic E-state index is 0.0508. The van der Waals surface area contributed by atoms with E-state index in [0.29, 0.717) is 5.56 Å². The summed E-state index contributed by atoms with van der Waals surface area (Å²) >= 11 is 0. The number of aliphatic hydroxyl groups is 1. The molecule has 17 heavy (non-hydrogen) atoms. The minimum Gasteiger partial charge on any atom is -0.368 e. The van der Waals surface area contributed by atoms with E-state index in [0.717, 1.165) is 11.6 Å². The fourth-order valence-electron chi connectivity index (χ4n) is 1.89. The molecule has 0 saturated carbocycles. The fourth-order valence-corrected chi connectivity index (χ4v) is 1.89. The molecule has 92 valence electrons. The van der Waals surface area contributed by atoms with Crippen LogP contribution in [-0.4, -0.2) is 17.2 Å². The van der Waals surface area contributed by atoms with Crippen molar-refractivity contribution in [3.8, 4) is 0 Å². The van der Waals surface area contributed by atoms with E-state index in [4.69, 9.17) is 0 Å². The van der Waals surface area contributed by atoms with E-state index in [2.05, 4.69) is 5.32 Å². The second-order valence-corrected chi connectivity index (χ2v) is 4.09. The van der Waals surface area contributed by atoms with E-state index in [1.807, 2.05) is 0 Å². The second-order valence-electron chi connectivity index (χ2n) is 4.09. The van der Waals surface area contributed by atoms with E-state index < -0.39 is 23.2 Å². The number of hydrogen-bond acceptors (Lipinski definition) is 2. The first kappa shape index (κ1) is 11.9. The summed E-state index contributed by atoms with van der Waals surface area (Å²) in [6.07, 6.45) is -5.04. The first-order valence-corrected chi connectivity index (χ1v) is 4.91. The molecule has 0 aliphatic carbocycles. The third-order valence-corrected chi connectivity index (χ3v) is 3.10. The Bertz CT molecular complexity index is 510. The van der Waals surface area contributed by atoms with E-state index in [9.17, 15) is 23.1 Å². The van der Waals surface area contributed by atoms with Crippen LogP contribution >= 0.6 is 0 Å². The number of alkyl halides is 3. The van der Waals surface area contributed by atoms with Crippen LogP contribution in [0.5, 0.6) is 0 Å². The number of rotatable bonds is 0. The molecule has 0 unspecified atom stereocenters. The van der Waals surface area contributed by atoms with Crippen LogP contribution in [0, 0.1) is 13.8 Å². The molecule has 0 radical (unpaired) electrons. The molecule has 1 aromatic rings. The van der Waals surface area contributed by atoms with Gasteiger partial charge in [-0.05, 0) is 25.0 Å². The van der Waals surface area contributed by atoms with Crippen molar-refractivity contribution in [2.75, 3.05) is 5.32 Å². The topological polar surface area (TPSA) is 49.3 Å². The first-order chi connectivity index (χ1) is 7.69. The third-order valence-electron chi connectivity index (χ3n) is 3.10. The van der Waals surface area contributed by atoms with Gasteiger partial charge in [0.05, 0.1) is 5.69 Å². The average Bonchev–Trinajstić information content (AvgIpc) is 2.47. The Balaban J connectivity index is 2.72. The van der Waals surface area contributed by atoms with E-state index in [1.165, 1.54) is 6.07 Å². The first-order valence-electron chi connectivity index (χ1n) is 4.91. The lowest BCUT2D eigenvalue weighted by Crippen LogP contribution is -2.47. The zero-order valence-electron chi connectivity index (χ0n) is 9.14. The average molecular weight is 245 g/mol. The number of amides is 1. The molecule has 1 aliphatic heterocycles. The van der Waals surface area contributed by atoms with Crippen LogP contribution in [0.1, 0.15) is 16.7 Å². The lowest BCUT2D eigenvalue weighted by molar-refractivity contribution is -0.252. The standard InChI is InChI=1S/C11H10F3NO2/c1-5-3-4-7-8(6(5)2)15-9(16)10(7,17)11(12,13)14/h3-4,17H,1-2H3,(H,15,16)/t10-/m1/s1. The predicted octanol–water partition coefficient (Wildman–Crippen LogP) is 2.01. The highest BCUT2D eigenvalue weighted by Gasteiger charge is 2.64. The van der Waals surface area contributed by atoms with Crippen LogP contribution in [0.4, 0.5) is 18.9 Å². The van der Waals surface area contributed by atoms with Gasteiger partial charge >= 0.3 is 6.18 Å². The molecule has 0 spiro atoms. The zero-order chi connectivity index (χ0) is 13.0. The van der Waals surface area contributed by atoms with Crippen molar-refractivity contribution in [1.82, 2.24) is 0 Å². The molecule has 1 atom stereocenters. The summed E-state index contributed by atoms with van der Waals surface area (Å²) in [5.41, 5.74) is -2.56. The number of aryl methyl sites for hydroxylation is 1. The Morgan fingerprint density at radius 1 is 1.29 bits per heavy atom. The van der Waals surface area contributed by atoms with Crippen LogP contribution in [-0.2, 0) is 10.4 Å². The molecular weight excluding hydrogens is 235 g/mol. The summed E-state index contributed by atoms with van der Waals surface area (Å²) in [7, 11) is 0. The molecule has 6 heteroatoms. The highest BCUT2D eigenvalue weighted by atomic mass is 19.4. The SMILES string of the molecule is Cc1ccc2c(c1C)NC(=O)[C@@]2(O)C(F)(F)F. The van der Waals surface area contributed by atoms with Gasteiger partial charge < -0.3 is 10.4 Å². The van der Waals surface area contributed by atoms with Gasteiger partial charge in [-0.1, -0.05) is 12.1 Å². The van der Waals surface area contributed by atoms with Crippen molar-refractivity contribution < 1.29 is 23.1 Å². The van der Waals surface area contributed by atoms with Crippen molar-refractivity contribution in [2.45, 2.75) is 25.6 Å². The molecule has 1 amide bonds. The lowest BCUT2D eigenvalue weighted by Gasteiger charge is -2.23. The Labute approximate surface area is 95.3 Å². The number of fused-ring (bicyclic) bond motifs is 1. The minimum atomic E-state index is -5.04. The van der Waals surface area contributed by atoms with Crippen molar-refractivity contribution >= 4 is 11.6 Å². The van der Waals surface area contributed by atoms with E-state index >= 15 is 0 Å². The Morgan fingerprint density at radius 3 is 2.41 bits per heavy atom. The third kappa shape index (κ3) is 1.37. The highest BCUT2D eigenvalue weighted by Crippen LogP contribution is 2.48. The van der Waals surface area contributed by atoms with Crippen LogP contribution in [0.3, 0.4) is 0 Å². The molecule has 2 N–H and O–H groups in total. The number of hydrogen-bond donors (Lipinski definition) is 2. The summed E-state index contributed by atoms with van der Waals surface area (Å²) in [4.78, 5) is 11.4. The Morgan fingerprint density at radius 2 is 1.88 bits per heavy atom. The molecule has 1 aliphatic rings. The highest BCUT2D eigenvalue weighted by molar-refractivity contribution is 6.06. The second kappa shape index (κ2) is 3.22. The number of carbonyl (C=O) groups excluding carboxylic acids is 1. The fraction of sp³-hybridized carbons (Fsp3) is 0.364. The maximum atomic E-state index is 12.8. The molecule has 3 nitrogen and oxygen atoms in total. The van der Waals surface area contributed by atoms with Crippen LogP contribution in [0.25, 0.3) is 0 Å². The van der Waals surface area contributed by atoms with Gasteiger partial charge in [0.2, 0.25) is 0 Å². The number of anilines is 1. The van der Waals surface area contributed by atoms with Gasteiger partial charge in [-0.25, -0.2) is 0 Å². The van der Waals surface area contributed by atoms with Gasteiger partial charge in [-0.15, -0.1) is 0 Å². The van der Waals surface area contributed by atoms with Gasteiger partial charge in [-0.3, -0.25) is 4.79 Å². The number of benzene rings is 1. The van der Waals surface area contributed by atoms with E-state index in [-0.39, 0.29) is 5.69 Å². The van der Waals surface area contributed by atoms with Crippen molar-refractivity contribution in [3.63, 3.8) is 0 Å². The van der Waals surface area contributed by atoms with Gasteiger partial charge in [0.1, 0.15) is 0 Å². The van der Waals surface area contributed by atoms with Crippen LogP contribution < -0.4 is 5.32 Å². The molecule has 1 aromatic carbocycles. The summed E-state index contributed by atoms with van der Waals surface area (Å²) in [6, 6.07) is 2.58. The summed E-state index contributed by atoms with van der Waals surface area (Å²) in [6.45, 7) is 3.31. The number of nitrogens with one attached hydrogen (secondary N) is 1. The molecule has 0 saturated heterocycles. The maximum absolute atomic E-state index is 12.8. The van der Waals surface area contributed by atoms with Crippen LogP contribution in [0.2, 0.25) is 0 Å². The van der Waals surface area contributed by atoms with Crippen molar-refractivity contribution in [2.24, 2.45) is 0 Å². The van der Waals surface area contributed by atoms with Crippen molar-refractivity contribution in [3.05, 3.63) is 28.8 Å². The summed E-state index contributed by atoms with van der Waals surface area (Å²) < 4.78 is 38.4. The largest absolute Gasteiger partial charge is 0.430 e. The van der Waals surface area contributed by atoms with Gasteiger partial charge in [-0.2, -0.15) is 13.2 Å². The van der Waals surface area contributed by atoms with Crippen LogP contribution in [0.15, 0.2) is 12.1 Å². The Hall–Kier alpha value is -1.56. The van der Waals surface area contributed by atoms with Gasteiger partial charge in [0.25, 0.3) is 11.5 Å². The Kier molecular flexibility index (Phi) is 2.26. The molecule has 2 rings (SSSR count). The van der Waals surface area contributed by atoms with Gasteiger partial charge in [0, 0.05) is 5.56 Å². The molecule has 1 heterocycles. The maximum Gasteiger partial charge on any atom is 0.430 e. The van der Waals surface area contributed by atoms with Gasteiger partial charge in [0.15, 0.2) is 0 Å². The zero-order valence-corrected chi connectivity index (χ0v) is 9.14. The summed E-state index contributed by atoms with van der Waals surface area (Å²) in [5, 5.41) is 11.7. The summed E-state index contributed by atoms with van der Waals surface area (Å²) in [5.74, 6) is -1.45. The number of carbonyl (C=O) groups is 1. The number of halogens is 3. The monoisotopic (exact) mass is 245 g/mol.